The maximum absolute atomic E-state index is 9.39. The first kappa shape index (κ1) is 13.5. The van der Waals surface area contributed by atoms with E-state index in [1.807, 2.05) is 60.7 Å². The highest BCUT2D eigenvalue weighted by Crippen LogP contribution is 2.42. The maximum Gasteiger partial charge on any atom is 0.0789 e. The van der Waals surface area contributed by atoms with Crippen LogP contribution in [0.25, 0.3) is 66.1 Å². The van der Waals surface area contributed by atoms with Gasteiger partial charge in [0.2, 0.25) is 0 Å². The molecule has 2 heterocycles. The Balaban J connectivity index is 1.79. The van der Waals surface area contributed by atoms with Crippen LogP contribution in [0.4, 0.5) is 0 Å². The largest absolute Gasteiger partial charge is 0.307 e. The molecule has 0 atom stereocenters. The summed E-state index contributed by atoms with van der Waals surface area (Å²) in [6.07, 6.45) is 0. The number of fused-ring (bicyclic) bond motifs is 7. The van der Waals surface area contributed by atoms with Crippen LogP contribution in [0.5, 0.6) is 0 Å². The summed E-state index contributed by atoms with van der Waals surface area (Å²) in [6.45, 7) is 0. The van der Waals surface area contributed by atoms with Gasteiger partial charge in [-0.3, -0.25) is 0 Å². The van der Waals surface area contributed by atoms with Gasteiger partial charge < -0.3 is 9.13 Å². The Labute approximate surface area is 234 Å². The number of hydrogen-bond donors (Lipinski definition) is 0. The van der Waals surface area contributed by atoms with Gasteiger partial charge >= 0.3 is 0 Å². The molecule has 6 aromatic carbocycles. The normalized spacial score (nSPS) is 15.4. The molecular formula is C36H24N2. The van der Waals surface area contributed by atoms with Crippen molar-refractivity contribution >= 4 is 43.6 Å². The average Bonchev–Trinajstić information content (AvgIpc) is 3.66. The van der Waals surface area contributed by atoms with Crippen LogP contribution in [-0.2, 0) is 0 Å². The van der Waals surface area contributed by atoms with Crippen molar-refractivity contribution in [2.45, 2.75) is 0 Å². The average molecular weight is 495 g/mol. The minimum atomic E-state index is -0.475. The van der Waals surface area contributed by atoms with Crippen LogP contribution in [0.3, 0.4) is 0 Å². The highest BCUT2D eigenvalue weighted by Gasteiger charge is 2.21. The van der Waals surface area contributed by atoms with Gasteiger partial charge in [0.15, 0.2) is 0 Å². The van der Waals surface area contributed by atoms with Crippen molar-refractivity contribution in [2.75, 3.05) is 0 Å². The highest BCUT2D eigenvalue weighted by molar-refractivity contribution is 6.24. The lowest BCUT2D eigenvalue weighted by Gasteiger charge is -2.16. The van der Waals surface area contributed by atoms with Crippen molar-refractivity contribution in [3.63, 3.8) is 0 Å². The Kier molecular flexibility index (Phi) is 2.91. The van der Waals surface area contributed by atoms with Crippen LogP contribution < -0.4 is 0 Å². The molecule has 2 heteroatoms. The van der Waals surface area contributed by atoms with Gasteiger partial charge in [0.05, 0.1) is 41.5 Å². The van der Waals surface area contributed by atoms with Gasteiger partial charge in [-0.1, -0.05) is 115 Å². The second kappa shape index (κ2) is 8.22. The molecule has 0 radical (unpaired) electrons. The van der Waals surface area contributed by atoms with E-state index < -0.39 is 24.2 Å². The Morgan fingerprint density at radius 1 is 0.447 bits per heavy atom. The van der Waals surface area contributed by atoms with Crippen molar-refractivity contribution < 1.29 is 13.7 Å². The monoisotopic (exact) mass is 494 g/mol. The molecule has 8 aromatic rings. The van der Waals surface area contributed by atoms with E-state index >= 15 is 0 Å². The molecular weight excluding hydrogens is 460 g/mol. The van der Waals surface area contributed by atoms with E-state index in [0.29, 0.717) is 11.4 Å². The lowest BCUT2D eigenvalue weighted by molar-refractivity contribution is 1.15. The molecule has 0 aliphatic heterocycles. The van der Waals surface area contributed by atoms with E-state index in [1.165, 1.54) is 0 Å². The van der Waals surface area contributed by atoms with Gasteiger partial charge in [-0.05, 0) is 35.8 Å². The van der Waals surface area contributed by atoms with Crippen molar-refractivity contribution in [3.05, 3.63) is 145 Å². The third-order valence-corrected chi connectivity index (χ3v) is 6.98. The molecule has 2 nitrogen and oxygen atoms in total. The Hall–Kier alpha value is -5.08. The van der Waals surface area contributed by atoms with Gasteiger partial charge in [0, 0.05) is 32.8 Å². The summed E-state index contributed by atoms with van der Waals surface area (Å²) in [7, 11) is 0. The zero-order valence-electron chi connectivity index (χ0n) is 30.0. The minimum absolute atomic E-state index is 0.0729. The summed E-state index contributed by atoms with van der Waals surface area (Å²) < 4.78 is 92.7. The van der Waals surface area contributed by atoms with Crippen molar-refractivity contribution in [1.82, 2.24) is 9.13 Å². The van der Waals surface area contributed by atoms with Crippen LogP contribution >= 0.6 is 0 Å². The third kappa shape index (κ3) is 2.95. The smallest absolute Gasteiger partial charge is 0.0789 e. The van der Waals surface area contributed by atoms with E-state index in [2.05, 4.69) is 0 Å². The first-order chi connectivity index (χ1) is 23.1. The second-order valence-corrected chi connectivity index (χ2v) is 9.03. The molecule has 0 aliphatic rings. The molecule has 38 heavy (non-hydrogen) atoms. The summed E-state index contributed by atoms with van der Waals surface area (Å²) in [6, 6.07) is 22.1. The standard InChI is InChI=1S/C36H24N2/c1-3-13-25(14-4-1)27-17-7-10-20-32(27)38-34-22-12-9-19-29(34)31-24-23-30-28-18-8-11-21-33(28)37(35(30)36(31)38)26-15-5-2-6-16-26/h1-24H/i8D,9D,11D,12D,18D,19D,21D,22D,23D,24D. The van der Waals surface area contributed by atoms with Crippen LogP contribution in [0.15, 0.2) is 145 Å². The molecule has 0 amide bonds. The number of benzene rings is 6. The van der Waals surface area contributed by atoms with Crippen molar-refractivity contribution in [2.24, 2.45) is 0 Å². The van der Waals surface area contributed by atoms with Crippen molar-refractivity contribution in [1.29, 1.82) is 0 Å². The third-order valence-electron chi connectivity index (χ3n) is 6.98. The zero-order valence-corrected chi connectivity index (χ0v) is 20.0. The quantitative estimate of drug-likeness (QED) is 0.231. The molecule has 178 valence electrons. The molecule has 8 rings (SSSR count). The van der Waals surface area contributed by atoms with E-state index in [4.69, 9.17) is 11.0 Å². The summed E-state index contributed by atoms with van der Waals surface area (Å²) in [4.78, 5) is 0. The lowest BCUT2D eigenvalue weighted by Crippen LogP contribution is -2.00. The molecule has 0 aliphatic carbocycles. The number of para-hydroxylation sites is 4. The Morgan fingerprint density at radius 3 is 1.66 bits per heavy atom. The van der Waals surface area contributed by atoms with E-state index in [9.17, 15) is 2.74 Å². The summed E-state index contributed by atoms with van der Waals surface area (Å²) in [5, 5.41) is 0.388. The summed E-state index contributed by atoms with van der Waals surface area (Å²) >= 11 is 0. The predicted octanol–water partition coefficient (Wildman–Crippen LogP) is 9.55. The first-order valence-electron chi connectivity index (χ1n) is 17.2. The van der Waals surface area contributed by atoms with Gasteiger partial charge in [-0.2, -0.15) is 0 Å². The first-order valence-corrected chi connectivity index (χ1v) is 12.2. The fourth-order valence-electron chi connectivity index (χ4n) is 5.42. The van der Waals surface area contributed by atoms with Crippen LogP contribution in [0.2, 0.25) is 0 Å². The fourth-order valence-corrected chi connectivity index (χ4v) is 5.42. The maximum atomic E-state index is 9.39. The molecule has 2 aromatic heterocycles. The number of nitrogens with zero attached hydrogens (tertiary/aromatic N) is 2. The van der Waals surface area contributed by atoms with Gasteiger partial charge in [-0.15, -0.1) is 0 Å². The van der Waals surface area contributed by atoms with E-state index in [-0.39, 0.29) is 79.9 Å². The molecule has 0 N–H and O–H groups in total. The number of aromatic nitrogens is 2. The van der Waals surface area contributed by atoms with Crippen LogP contribution in [-0.4, -0.2) is 9.13 Å². The molecule has 0 bridgehead atoms. The molecule has 0 unspecified atom stereocenters. The van der Waals surface area contributed by atoms with E-state index in [0.717, 1.165) is 11.1 Å². The van der Waals surface area contributed by atoms with Gasteiger partial charge in [0.25, 0.3) is 0 Å². The van der Waals surface area contributed by atoms with Gasteiger partial charge in [0.1, 0.15) is 0 Å². The van der Waals surface area contributed by atoms with Gasteiger partial charge in [-0.25, -0.2) is 0 Å². The molecule has 0 fully saturated rings. The fraction of sp³-hybridized carbons (Fsp3) is 0. The number of rotatable bonds is 3. The predicted molar refractivity (Wildman–Crippen MR) is 161 cm³/mol. The van der Waals surface area contributed by atoms with Crippen molar-refractivity contribution in [3.8, 4) is 22.5 Å². The van der Waals surface area contributed by atoms with E-state index in [1.54, 1.807) is 33.4 Å². The summed E-state index contributed by atoms with van der Waals surface area (Å²) in [5.74, 6) is 0. The highest BCUT2D eigenvalue weighted by atomic mass is 15.0. The summed E-state index contributed by atoms with van der Waals surface area (Å²) in [5.41, 5.74) is 3.48. The topological polar surface area (TPSA) is 9.86 Å². The molecule has 0 spiro atoms. The minimum Gasteiger partial charge on any atom is -0.307 e. The number of hydrogen-bond acceptors (Lipinski definition) is 0. The second-order valence-electron chi connectivity index (χ2n) is 9.03. The SMILES string of the molecule is [2H]c1c([2H])c([2H])c2c(c1[2H])c1c([2H])c([2H])c3c4c([2H])c([2H])c([2H])c([2H])c4n(-c4ccccc4-c4ccccc4)c3c1n2-c1ccccc1. The lowest BCUT2D eigenvalue weighted by atomic mass is 10.0. The Bertz CT molecular complexity index is 2660. The van der Waals surface area contributed by atoms with Crippen LogP contribution in [0, 0.1) is 0 Å². The Morgan fingerprint density at radius 2 is 0.974 bits per heavy atom. The zero-order chi connectivity index (χ0) is 33.8. The molecule has 0 saturated carbocycles. The van der Waals surface area contributed by atoms with Crippen LogP contribution in [0.1, 0.15) is 13.7 Å². The molecule has 0 saturated heterocycles.